The van der Waals surface area contributed by atoms with Gasteiger partial charge in [0.2, 0.25) is 11.8 Å². The van der Waals surface area contributed by atoms with E-state index in [9.17, 15) is 23.2 Å². The van der Waals surface area contributed by atoms with E-state index >= 15 is 0 Å². The molecule has 10 heteroatoms. The van der Waals surface area contributed by atoms with E-state index < -0.39 is 40.9 Å². The van der Waals surface area contributed by atoms with Crippen LogP contribution in [0.1, 0.15) is 60.1 Å². The Morgan fingerprint density at radius 1 is 1.14 bits per heavy atom. The quantitative estimate of drug-likeness (QED) is 0.533. The van der Waals surface area contributed by atoms with Crippen LogP contribution < -0.4 is 11.1 Å². The van der Waals surface area contributed by atoms with Crippen molar-refractivity contribution in [3.63, 3.8) is 0 Å². The molecule has 3 N–H and O–H groups in total. The van der Waals surface area contributed by atoms with E-state index in [1.54, 1.807) is 24.3 Å². The van der Waals surface area contributed by atoms with Crippen LogP contribution >= 0.6 is 11.6 Å². The number of carbonyl (C=O) groups is 3. The minimum atomic E-state index is -0.838. The van der Waals surface area contributed by atoms with Gasteiger partial charge in [-0.15, -0.1) is 0 Å². The zero-order chi connectivity index (χ0) is 26.5. The molecular weight excluding hydrogens is 504 g/mol. The fourth-order valence-corrected chi connectivity index (χ4v) is 5.56. The number of primary amides is 1. The van der Waals surface area contributed by atoms with E-state index in [2.05, 4.69) is 5.32 Å². The first-order chi connectivity index (χ1) is 17.6. The molecule has 0 spiro atoms. The normalized spacial score (nSPS) is 23.3. The van der Waals surface area contributed by atoms with Gasteiger partial charge in [-0.25, -0.2) is 8.78 Å². The number of likely N-dealkylation sites (tertiary alicyclic amines) is 1. The molecule has 0 radical (unpaired) electrons. The van der Waals surface area contributed by atoms with Crippen LogP contribution in [0.3, 0.4) is 0 Å². The van der Waals surface area contributed by atoms with Gasteiger partial charge in [-0.05, 0) is 62.4 Å². The smallest absolute Gasteiger partial charge is 0.254 e. The number of nitrogens with one attached hydrogen (secondary N) is 1. The van der Waals surface area contributed by atoms with Crippen molar-refractivity contribution in [1.29, 1.82) is 0 Å². The second-order valence-electron chi connectivity index (χ2n) is 10.3. The Morgan fingerprint density at radius 3 is 2.49 bits per heavy atom. The van der Waals surface area contributed by atoms with Crippen LogP contribution in [-0.2, 0) is 19.7 Å². The molecule has 37 heavy (non-hydrogen) atoms. The number of rotatable bonds is 7. The Hall–Kier alpha value is -3.04. The van der Waals surface area contributed by atoms with Gasteiger partial charge in [-0.2, -0.15) is 0 Å². The monoisotopic (exact) mass is 531 g/mol. The predicted octanol–water partition coefficient (Wildman–Crippen LogP) is 3.63. The second kappa shape index (κ2) is 9.68. The highest BCUT2D eigenvalue weighted by atomic mass is 35.5. The molecule has 3 fully saturated rings. The number of benzene rings is 2. The van der Waals surface area contributed by atoms with Crippen LogP contribution in [0.15, 0.2) is 36.4 Å². The van der Waals surface area contributed by atoms with E-state index in [1.807, 2.05) is 6.92 Å². The maximum Gasteiger partial charge on any atom is 0.254 e. The number of hydrogen-bond donors (Lipinski definition) is 2. The van der Waals surface area contributed by atoms with Gasteiger partial charge >= 0.3 is 0 Å². The first-order valence-corrected chi connectivity index (χ1v) is 12.8. The average Bonchev–Trinajstić information content (AvgIpc) is 3.56. The summed E-state index contributed by atoms with van der Waals surface area (Å²) in [5, 5.41) is 2.51. The standard InChI is InChI=1S/C27H28ClF2N3O4/c1-14-5-6-22(33(14)25(35)15-3-2-4-17(9-15)27(7-8-27)26(31)36)24(34)32-23(16-12-37-13-16)18-10-21(30)19(28)11-20(18)29/h2-4,9-11,14,16,22-23H,5-8,12-13H2,1H3,(H2,31,36)(H,32,34)/t14-,22-,23-/m1/s1. The lowest BCUT2D eigenvalue weighted by atomic mass is 9.90. The summed E-state index contributed by atoms with van der Waals surface area (Å²) in [7, 11) is 0. The largest absolute Gasteiger partial charge is 0.381 e. The summed E-state index contributed by atoms with van der Waals surface area (Å²) in [6.45, 7) is 2.44. The van der Waals surface area contributed by atoms with Crippen LogP contribution in [0, 0.1) is 17.6 Å². The van der Waals surface area contributed by atoms with Crippen LogP contribution in [0.25, 0.3) is 0 Å². The molecule has 1 saturated carbocycles. The van der Waals surface area contributed by atoms with E-state index in [0.717, 1.165) is 12.1 Å². The SMILES string of the molecule is C[C@@H]1CC[C@H](C(=O)N[C@@H](c2cc(F)c(Cl)cc2F)C2COC2)N1C(=O)c1cccc(C2(C(N)=O)CC2)c1. The second-order valence-corrected chi connectivity index (χ2v) is 10.7. The molecule has 2 saturated heterocycles. The van der Waals surface area contributed by atoms with Gasteiger partial charge in [0, 0.05) is 23.1 Å². The summed E-state index contributed by atoms with van der Waals surface area (Å²) in [6.07, 6.45) is 2.31. The first-order valence-electron chi connectivity index (χ1n) is 12.4. The minimum absolute atomic E-state index is 0.0126. The third kappa shape index (κ3) is 4.59. The van der Waals surface area contributed by atoms with E-state index in [1.165, 1.54) is 4.90 Å². The van der Waals surface area contributed by atoms with Crippen molar-refractivity contribution in [3.8, 4) is 0 Å². The molecule has 3 amide bonds. The molecule has 3 aliphatic rings. The summed E-state index contributed by atoms with van der Waals surface area (Å²) in [5.41, 5.74) is 5.92. The van der Waals surface area contributed by atoms with Gasteiger partial charge in [0.15, 0.2) is 0 Å². The van der Waals surface area contributed by atoms with Gasteiger partial charge in [-0.1, -0.05) is 23.7 Å². The number of amides is 3. The van der Waals surface area contributed by atoms with Gasteiger partial charge < -0.3 is 20.7 Å². The van der Waals surface area contributed by atoms with Gasteiger partial charge in [0.1, 0.15) is 17.7 Å². The maximum absolute atomic E-state index is 14.8. The van der Waals surface area contributed by atoms with Gasteiger partial charge in [-0.3, -0.25) is 14.4 Å². The van der Waals surface area contributed by atoms with Crippen molar-refractivity contribution in [2.24, 2.45) is 11.7 Å². The molecule has 7 nitrogen and oxygen atoms in total. The Kier molecular flexibility index (Phi) is 6.70. The molecule has 2 aliphatic heterocycles. The number of carbonyl (C=O) groups excluding carboxylic acids is 3. The van der Waals surface area contributed by atoms with Gasteiger partial charge in [0.25, 0.3) is 5.91 Å². The van der Waals surface area contributed by atoms with E-state index in [4.69, 9.17) is 22.1 Å². The van der Waals surface area contributed by atoms with Crippen LogP contribution in [0.5, 0.6) is 0 Å². The van der Waals surface area contributed by atoms with E-state index in [-0.39, 0.29) is 41.7 Å². The topological polar surface area (TPSA) is 102 Å². The lowest BCUT2D eigenvalue weighted by molar-refractivity contribution is -0.128. The van der Waals surface area contributed by atoms with Crippen LogP contribution in [0.2, 0.25) is 5.02 Å². The van der Waals surface area contributed by atoms with Crippen LogP contribution in [-0.4, -0.2) is 47.9 Å². The molecule has 0 unspecified atom stereocenters. The number of halogens is 3. The highest BCUT2D eigenvalue weighted by molar-refractivity contribution is 6.30. The molecule has 2 heterocycles. The zero-order valence-corrected chi connectivity index (χ0v) is 21.1. The predicted molar refractivity (Wildman–Crippen MR) is 132 cm³/mol. The summed E-state index contributed by atoms with van der Waals surface area (Å²) >= 11 is 5.72. The molecule has 3 atom stereocenters. The summed E-state index contributed by atoms with van der Waals surface area (Å²) in [5.74, 6) is -2.96. The zero-order valence-electron chi connectivity index (χ0n) is 20.3. The van der Waals surface area contributed by atoms with Crippen molar-refractivity contribution in [1.82, 2.24) is 10.2 Å². The van der Waals surface area contributed by atoms with Crippen LogP contribution in [0.4, 0.5) is 8.78 Å². The summed E-state index contributed by atoms with van der Waals surface area (Å²) < 4.78 is 34.2. The molecule has 2 aromatic rings. The number of nitrogens with two attached hydrogens (primary N) is 1. The fraction of sp³-hybridized carbons (Fsp3) is 0.444. The third-order valence-corrected chi connectivity index (χ3v) is 8.19. The molecule has 1 aliphatic carbocycles. The highest BCUT2D eigenvalue weighted by Crippen LogP contribution is 2.48. The van der Waals surface area contributed by atoms with E-state index in [0.29, 0.717) is 36.8 Å². The van der Waals surface area contributed by atoms with Crippen molar-refractivity contribution >= 4 is 29.3 Å². The van der Waals surface area contributed by atoms with Crippen molar-refractivity contribution in [2.45, 2.75) is 56.1 Å². The lowest BCUT2D eigenvalue weighted by Gasteiger charge is -2.36. The lowest BCUT2D eigenvalue weighted by Crippen LogP contribution is -2.51. The van der Waals surface area contributed by atoms with Crippen molar-refractivity contribution in [3.05, 3.63) is 69.7 Å². The Labute approximate surface area is 218 Å². The third-order valence-electron chi connectivity index (χ3n) is 7.90. The Balaban J connectivity index is 1.39. The average molecular weight is 532 g/mol. The molecule has 196 valence electrons. The van der Waals surface area contributed by atoms with Gasteiger partial charge in [0.05, 0.1) is 29.7 Å². The maximum atomic E-state index is 14.8. The Morgan fingerprint density at radius 2 is 1.86 bits per heavy atom. The molecule has 5 rings (SSSR count). The highest BCUT2D eigenvalue weighted by Gasteiger charge is 2.50. The molecule has 0 aromatic heterocycles. The number of hydrogen-bond acceptors (Lipinski definition) is 4. The van der Waals surface area contributed by atoms with Crippen molar-refractivity contribution < 1.29 is 27.9 Å². The minimum Gasteiger partial charge on any atom is -0.381 e. The number of nitrogens with zero attached hydrogens (tertiary/aromatic N) is 1. The molecular formula is C27H28ClF2N3O4. The summed E-state index contributed by atoms with van der Waals surface area (Å²) in [6, 6.07) is 6.89. The first kappa shape index (κ1) is 25.6. The molecule has 0 bridgehead atoms. The fourth-order valence-electron chi connectivity index (χ4n) is 5.41. The number of ether oxygens (including phenoxy) is 1. The molecule has 2 aromatic carbocycles. The van der Waals surface area contributed by atoms with Crippen molar-refractivity contribution in [2.75, 3.05) is 13.2 Å². The summed E-state index contributed by atoms with van der Waals surface area (Å²) in [4.78, 5) is 40.6. The Bertz CT molecular complexity index is 1260.